The number of hydrogen-bond acceptors (Lipinski definition) is 2. The van der Waals surface area contributed by atoms with Crippen LogP contribution in [-0.2, 0) is 5.75 Å². The molecule has 0 aliphatic carbocycles. The third-order valence-corrected chi connectivity index (χ3v) is 4.73. The average Bonchev–Trinajstić information content (AvgIpc) is 2.36. The van der Waals surface area contributed by atoms with Gasteiger partial charge in [-0.2, -0.15) is 0 Å². The van der Waals surface area contributed by atoms with Gasteiger partial charge in [-0.05, 0) is 44.0 Å². The Bertz CT molecular complexity index is 588. The molecule has 0 saturated carbocycles. The van der Waals surface area contributed by atoms with E-state index in [9.17, 15) is 0 Å². The third-order valence-electron chi connectivity index (χ3n) is 3.16. The smallest absolute Gasteiger partial charge is 0.0545 e. The van der Waals surface area contributed by atoms with Crippen LogP contribution in [0.25, 0.3) is 0 Å². The van der Waals surface area contributed by atoms with Gasteiger partial charge in [-0.1, -0.05) is 47.0 Å². The number of hydrogen-bond donors (Lipinski definition) is 1. The topological polar surface area (TPSA) is 26.0 Å². The zero-order valence-electron chi connectivity index (χ0n) is 12.1. The highest BCUT2D eigenvalue weighted by molar-refractivity contribution is 7.98. The van der Waals surface area contributed by atoms with Crippen molar-refractivity contribution in [3.63, 3.8) is 0 Å². The van der Waals surface area contributed by atoms with Crippen molar-refractivity contribution in [2.75, 3.05) is 0 Å². The van der Waals surface area contributed by atoms with E-state index in [0.717, 1.165) is 21.2 Å². The van der Waals surface area contributed by atoms with Gasteiger partial charge in [0.1, 0.15) is 0 Å². The summed E-state index contributed by atoms with van der Waals surface area (Å²) in [5, 5.41) is 0.786. The Kier molecular flexibility index (Phi) is 5.14. The van der Waals surface area contributed by atoms with E-state index in [-0.39, 0.29) is 6.04 Å². The largest absolute Gasteiger partial charge is 0.324 e. The van der Waals surface area contributed by atoms with E-state index >= 15 is 0 Å². The second-order valence-corrected chi connectivity index (χ2v) is 6.69. The summed E-state index contributed by atoms with van der Waals surface area (Å²) < 4.78 is 0. The van der Waals surface area contributed by atoms with Gasteiger partial charge in [0.15, 0.2) is 0 Å². The summed E-state index contributed by atoms with van der Waals surface area (Å²) in [6, 6.07) is 12.8. The summed E-state index contributed by atoms with van der Waals surface area (Å²) in [6.45, 7) is 6.23. The van der Waals surface area contributed by atoms with E-state index in [4.69, 9.17) is 17.3 Å². The second kappa shape index (κ2) is 6.66. The van der Waals surface area contributed by atoms with Gasteiger partial charge in [0.05, 0.1) is 5.02 Å². The molecule has 1 atom stereocenters. The van der Waals surface area contributed by atoms with Crippen molar-refractivity contribution in [1.82, 2.24) is 0 Å². The lowest BCUT2D eigenvalue weighted by Crippen LogP contribution is -2.04. The fourth-order valence-electron chi connectivity index (χ4n) is 2.23. The zero-order valence-corrected chi connectivity index (χ0v) is 13.7. The molecule has 0 aromatic heterocycles. The van der Waals surface area contributed by atoms with Crippen molar-refractivity contribution in [2.24, 2.45) is 5.73 Å². The predicted molar refractivity (Wildman–Crippen MR) is 89.5 cm³/mol. The second-order valence-electron chi connectivity index (χ2n) is 5.26. The predicted octanol–water partition coefficient (Wildman–Crippen LogP) is 5.27. The van der Waals surface area contributed by atoms with Gasteiger partial charge in [0, 0.05) is 16.7 Å². The quantitative estimate of drug-likeness (QED) is 0.779. The summed E-state index contributed by atoms with van der Waals surface area (Å²) >= 11 is 8.09. The maximum atomic E-state index is 6.33. The van der Waals surface area contributed by atoms with E-state index in [2.05, 4.69) is 44.2 Å². The van der Waals surface area contributed by atoms with Crippen LogP contribution in [-0.4, -0.2) is 0 Å². The van der Waals surface area contributed by atoms with Crippen LogP contribution in [0, 0.1) is 13.8 Å². The Morgan fingerprint density at radius 1 is 1.10 bits per heavy atom. The molecule has 2 aromatic carbocycles. The van der Waals surface area contributed by atoms with Crippen molar-refractivity contribution in [1.29, 1.82) is 0 Å². The van der Waals surface area contributed by atoms with E-state index < -0.39 is 0 Å². The Morgan fingerprint density at radius 2 is 1.75 bits per heavy atom. The minimum atomic E-state index is 0.0194. The number of benzene rings is 2. The van der Waals surface area contributed by atoms with Crippen LogP contribution in [0.2, 0.25) is 5.02 Å². The molecule has 0 unspecified atom stereocenters. The molecule has 2 aromatic rings. The molecule has 0 heterocycles. The molecular formula is C17H20ClNS. The van der Waals surface area contributed by atoms with Gasteiger partial charge >= 0.3 is 0 Å². The monoisotopic (exact) mass is 305 g/mol. The molecule has 2 rings (SSSR count). The van der Waals surface area contributed by atoms with E-state index in [1.165, 1.54) is 16.7 Å². The molecule has 1 nitrogen and oxygen atoms in total. The molecule has 2 N–H and O–H groups in total. The lowest BCUT2D eigenvalue weighted by atomic mass is 10.1. The third kappa shape index (κ3) is 4.02. The molecule has 0 saturated heterocycles. The van der Waals surface area contributed by atoms with Gasteiger partial charge in [-0.25, -0.2) is 0 Å². The standard InChI is InChI=1S/C17H20ClNS/c1-11-6-12(2)8-14(7-11)10-20-17-5-4-15(13(3)19)9-16(17)18/h4-9,13H,10,19H2,1-3H3/t13-/m1/s1. The first kappa shape index (κ1) is 15.4. The number of halogens is 1. The van der Waals surface area contributed by atoms with Crippen LogP contribution >= 0.6 is 23.4 Å². The molecule has 3 heteroatoms. The van der Waals surface area contributed by atoms with Gasteiger partial charge in [0.25, 0.3) is 0 Å². The highest BCUT2D eigenvalue weighted by atomic mass is 35.5. The van der Waals surface area contributed by atoms with Crippen LogP contribution in [0.3, 0.4) is 0 Å². The van der Waals surface area contributed by atoms with Gasteiger partial charge in [0.2, 0.25) is 0 Å². The van der Waals surface area contributed by atoms with Crippen LogP contribution in [0.15, 0.2) is 41.3 Å². The van der Waals surface area contributed by atoms with Crippen LogP contribution < -0.4 is 5.73 Å². The summed E-state index contributed by atoms with van der Waals surface area (Å²) in [7, 11) is 0. The first-order chi connectivity index (χ1) is 9.45. The molecule has 0 fully saturated rings. The number of thioether (sulfide) groups is 1. The van der Waals surface area contributed by atoms with Crippen LogP contribution in [0.1, 0.15) is 35.2 Å². The van der Waals surface area contributed by atoms with E-state index in [1.54, 1.807) is 11.8 Å². The van der Waals surface area contributed by atoms with Gasteiger partial charge < -0.3 is 5.73 Å². The maximum Gasteiger partial charge on any atom is 0.0545 e. The number of rotatable bonds is 4. The molecule has 0 aliphatic heterocycles. The van der Waals surface area contributed by atoms with Crippen molar-refractivity contribution in [3.8, 4) is 0 Å². The lowest BCUT2D eigenvalue weighted by molar-refractivity contribution is 0.817. The van der Waals surface area contributed by atoms with Gasteiger partial charge in [-0.15, -0.1) is 11.8 Å². The van der Waals surface area contributed by atoms with E-state index in [0.29, 0.717) is 0 Å². The first-order valence-electron chi connectivity index (χ1n) is 6.70. The summed E-state index contributed by atoms with van der Waals surface area (Å²) in [5.74, 6) is 0.930. The maximum absolute atomic E-state index is 6.33. The molecule has 0 amide bonds. The minimum Gasteiger partial charge on any atom is -0.324 e. The Hall–Kier alpha value is -0.960. The normalized spacial score (nSPS) is 12.4. The lowest BCUT2D eigenvalue weighted by Gasteiger charge is -2.10. The molecule has 106 valence electrons. The Balaban J connectivity index is 2.11. The SMILES string of the molecule is Cc1cc(C)cc(CSc2ccc([C@@H](C)N)cc2Cl)c1. The summed E-state index contributed by atoms with van der Waals surface area (Å²) in [5.41, 5.74) is 10.9. The fourth-order valence-corrected chi connectivity index (χ4v) is 3.43. The molecular weight excluding hydrogens is 286 g/mol. The summed E-state index contributed by atoms with van der Waals surface area (Å²) in [4.78, 5) is 1.11. The van der Waals surface area contributed by atoms with Crippen LogP contribution in [0.5, 0.6) is 0 Å². The van der Waals surface area contributed by atoms with Crippen molar-refractivity contribution >= 4 is 23.4 Å². The van der Waals surface area contributed by atoms with Gasteiger partial charge in [-0.3, -0.25) is 0 Å². The summed E-state index contributed by atoms with van der Waals surface area (Å²) in [6.07, 6.45) is 0. The van der Waals surface area contributed by atoms with E-state index in [1.807, 2.05) is 13.0 Å². The zero-order chi connectivity index (χ0) is 14.7. The fraction of sp³-hybridized carbons (Fsp3) is 0.294. The highest BCUT2D eigenvalue weighted by Crippen LogP contribution is 2.31. The molecule has 0 bridgehead atoms. The Morgan fingerprint density at radius 3 is 2.30 bits per heavy atom. The van der Waals surface area contributed by atoms with Crippen molar-refractivity contribution < 1.29 is 0 Å². The minimum absolute atomic E-state index is 0.0194. The molecule has 20 heavy (non-hydrogen) atoms. The number of aryl methyl sites for hydroxylation is 2. The highest BCUT2D eigenvalue weighted by Gasteiger charge is 2.06. The molecule has 0 aliphatic rings. The average molecular weight is 306 g/mol. The Labute approximate surface area is 130 Å². The van der Waals surface area contributed by atoms with Crippen molar-refractivity contribution in [3.05, 3.63) is 63.7 Å². The number of nitrogens with two attached hydrogens (primary N) is 1. The molecule has 0 radical (unpaired) electrons. The first-order valence-corrected chi connectivity index (χ1v) is 8.07. The van der Waals surface area contributed by atoms with Crippen molar-refractivity contribution in [2.45, 2.75) is 37.5 Å². The molecule has 0 spiro atoms. The van der Waals surface area contributed by atoms with Crippen LogP contribution in [0.4, 0.5) is 0 Å².